The van der Waals surface area contributed by atoms with E-state index in [0.717, 1.165) is 19.5 Å². The van der Waals surface area contributed by atoms with Crippen molar-refractivity contribution in [1.82, 2.24) is 9.97 Å². The topological polar surface area (TPSA) is 75.5 Å². The second-order valence-corrected chi connectivity index (χ2v) is 4.01. The zero-order valence-electron chi connectivity index (χ0n) is 9.93. The van der Waals surface area contributed by atoms with E-state index in [1.807, 2.05) is 4.90 Å². The number of carboxylic acid groups (broad SMARTS) is 1. The van der Waals surface area contributed by atoms with Crippen LogP contribution >= 0.6 is 0 Å². The minimum atomic E-state index is -0.910. The summed E-state index contributed by atoms with van der Waals surface area (Å²) in [6.45, 7) is 3.67. The number of aromatic nitrogens is 2. The number of hydrogen-bond donors (Lipinski definition) is 1. The molecule has 0 radical (unpaired) electrons. The standard InChI is InChI=1S/C11H15N3O3/c1-7-8(6-9(15)16)10(17-2)13-11(12-7)14-4-3-5-14/h3-6H2,1-2H3,(H,15,16). The van der Waals surface area contributed by atoms with Gasteiger partial charge in [-0.1, -0.05) is 0 Å². The third-order valence-corrected chi connectivity index (χ3v) is 2.82. The Morgan fingerprint density at radius 2 is 2.18 bits per heavy atom. The summed E-state index contributed by atoms with van der Waals surface area (Å²) in [6.07, 6.45) is 1.02. The molecule has 1 fully saturated rings. The first-order chi connectivity index (χ1) is 8.11. The molecular weight excluding hydrogens is 222 g/mol. The van der Waals surface area contributed by atoms with E-state index in [9.17, 15) is 4.79 Å². The molecule has 0 aromatic carbocycles. The molecule has 1 aliphatic heterocycles. The first-order valence-corrected chi connectivity index (χ1v) is 5.50. The fraction of sp³-hybridized carbons (Fsp3) is 0.545. The summed E-state index contributed by atoms with van der Waals surface area (Å²) >= 11 is 0. The second-order valence-electron chi connectivity index (χ2n) is 4.01. The van der Waals surface area contributed by atoms with Crippen molar-refractivity contribution < 1.29 is 14.6 Å². The number of hydrogen-bond acceptors (Lipinski definition) is 5. The molecule has 0 aliphatic carbocycles. The molecule has 17 heavy (non-hydrogen) atoms. The Balaban J connectivity index is 2.35. The maximum atomic E-state index is 10.8. The molecule has 0 unspecified atom stereocenters. The van der Waals surface area contributed by atoms with E-state index in [1.165, 1.54) is 7.11 Å². The van der Waals surface area contributed by atoms with Crippen molar-refractivity contribution >= 4 is 11.9 Å². The van der Waals surface area contributed by atoms with Crippen LogP contribution < -0.4 is 9.64 Å². The molecule has 1 aliphatic rings. The lowest BCUT2D eigenvalue weighted by atomic mass is 10.1. The van der Waals surface area contributed by atoms with E-state index >= 15 is 0 Å². The van der Waals surface area contributed by atoms with Gasteiger partial charge >= 0.3 is 5.97 Å². The van der Waals surface area contributed by atoms with E-state index in [1.54, 1.807) is 6.92 Å². The Morgan fingerprint density at radius 1 is 1.47 bits per heavy atom. The van der Waals surface area contributed by atoms with Gasteiger partial charge in [0.1, 0.15) is 0 Å². The van der Waals surface area contributed by atoms with Crippen LogP contribution in [-0.4, -0.2) is 41.2 Å². The molecule has 1 N–H and O–H groups in total. The summed E-state index contributed by atoms with van der Waals surface area (Å²) in [7, 11) is 1.49. The maximum absolute atomic E-state index is 10.8. The summed E-state index contributed by atoms with van der Waals surface area (Å²) in [5.74, 6) is 0.0771. The van der Waals surface area contributed by atoms with Gasteiger partial charge in [0.25, 0.3) is 0 Å². The highest BCUT2D eigenvalue weighted by Gasteiger charge is 2.21. The van der Waals surface area contributed by atoms with E-state index < -0.39 is 5.97 Å². The molecule has 2 rings (SSSR count). The highest BCUT2D eigenvalue weighted by Crippen LogP contribution is 2.24. The molecule has 1 saturated heterocycles. The normalized spacial score (nSPS) is 14.4. The van der Waals surface area contributed by atoms with Gasteiger partial charge in [0.05, 0.1) is 19.2 Å². The third kappa shape index (κ3) is 2.30. The molecule has 0 atom stereocenters. The van der Waals surface area contributed by atoms with E-state index in [2.05, 4.69) is 9.97 Å². The lowest BCUT2D eigenvalue weighted by Gasteiger charge is -2.31. The van der Waals surface area contributed by atoms with Crippen LogP contribution in [0.25, 0.3) is 0 Å². The fourth-order valence-electron chi connectivity index (χ4n) is 1.74. The Morgan fingerprint density at radius 3 is 2.65 bits per heavy atom. The van der Waals surface area contributed by atoms with Gasteiger partial charge in [-0.25, -0.2) is 4.98 Å². The Hall–Kier alpha value is -1.85. The van der Waals surface area contributed by atoms with Gasteiger partial charge in [-0.3, -0.25) is 4.79 Å². The van der Waals surface area contributed by atoms with Crippen molar-refractivity contribution in [2.45, 2.75) is 19.8 Å². The van der Waals surface area contributed by atoms with Crippen LogP contribution in [-0.2, 0) is 11.2 Å². The average molecular weight is 237 g/mol. The third-order valence-electron chi connectivity index (χ3n) is 2.82. The zero-order valence-corrected chi connectivity index (χ0v) is 9.93. The zero-order chi connectivity index (χ0) is 12.4. The van der Waals surface area contributed by atoms with Crippen LogP contribution in [0.2, 0.25) is 0 Å². The number of aryl methyl sites for hydroxylation is 1. The highest BCUT2D eigenvalue weighted by molar-refractivity contribution is 5.71. The maximum Gasteiger partial charge on any atom is 0.308 e. The van der Waals surface area contributed by atoms with Crippen molar-refractivity contribution in [1.29, 1.82) is 0 Å². The quantitative estimate of drug-likeness (QED) is 0.827. The first kappa shape index (κ1) is 11.6. The molecule has 0 bridgehead atoms. The summed E-state index contributed by atoms with van der Waals surface area (Å²) < 4.78 is 5.15. The second kappa shape index (κ2) is 4.57. The number of rotatable bonds is 4. The number of carbonyl (C=O) groups is 1. The van der Waals surface area contributed by atoms with E-state index in [-0.39, 0.29) is 6.42 Å². The van der Waals surface area contributed by atoms with Crippen molar-refractivity contribution in [3.05, 3.63) is 11.3 Å². The summed E-state index contributed by atoms with van der Waals surface area (Å²) in [5, 5.41) is 8.83. The summed E-state index contributed by atoms with van der Waals surface area (Å²) in [6, 6.07) is 0. The molecule has 6 nitrogen and oxygen atoms in total. The Labute approximate surface area is 99.2 Å². The summed E-state index contributed by atoms with van der Waals surface area (Å²) in [4.78, 5) is 21.4. The fourth-order valence-corrected chi connectivity index (χ4v) is 1.74. The lowest BCUT2D eigenvalue weighted by Crippen LogP contribution is -2.38. The number of aliphatic carboxylic acids is 1. The highest BCUT2D eigenvalue weighted by atomic mass is 16.5. The molecule has 92 valence electrons. The van der Waals surface area contributed by atoms with Crippen LogP contribution in [0.4, 0.5) is 5.95 Å². The van der Waals surface area contributed by atoms with Crippen molar-refractivity contribution in [2.75, 3.05) is 25.1 Å². The average Bonchev–Trinajstić information content (AvgIpc) is 2.18. The van der Waals surface area contributed by atoms with Gasteiger partial charge in [-0.2, -0.15) is 4.98 Å². The van der Waals surface area contributed by atoms with Crippen LogP contribution in [0, 0.1) is 6.92 Å². The minimum absolute atomic E-state index is 0.116. The van der Waals surface area contributed by atoms with Crippen molar-refractivity contribution in [2.24, 2.45) is 0 Å². The monoisotopic (exact) mass is 237 g/mol. The molecule has 0 spiro atoms. The van der Waals surface area contributed by atoms with Gasteiger partial charge < -0.3 is 14.7 Å². The molecule has 2 heterocycles. The molecule has 6 heteroatoms. The Kier molecular flexibility index (Phi) is 3.12. The lowest BCUT2D eigenvalue weighted by molar-refractivity contribution is -0.136. The molecule has 1 aromatic heterocycles. The first-order valence-electron chi connectivity index (χ1n) is 5.50. The largest absolute Gasteiger partial charge is 0.481 e. The van der Waals surface area contributed by atoms with Crippen LogP contribution in [0.3, 0.4) is 0 Å². The van der Waals surface area contributed by atoms with Gasteiger partial charge in [-0.15, -0.1) is 0 Å². The SMILES string of the molecule is COc1nc(N2CCC2)nc(C)c1CC(=O)O. The number of nitrogens with zero attached hydrogens (tertiary/aromatic N) is 3. The minimum Gasteiger partial charge on any atom is -0.481 e. The van der Waals surface area contributed by atoms with E-state index in [0.29, 0.717) is 23.1 Å². The van der Waals surface area contributed by atoms with Crippen LogP contribution in [0.1, 0.15) is 17.7 Å². The number of ether oxygens (including phenoxy) is 1. The molecule has 0 saturated carbocycles. The number of carboxylic acids is 1. The molecule has 0 amide bonds. The van der Waals surface area contributed by atoms with Gasteiger partial charge in [0, 0.05) is 18.7 Å². The van der Waals surface area contributed by atoms with Crippen LogP contribution in [0.5, 0.6) is 5.88 Å². The van der Waals surface area contributed by atoms with E-state index in [4.69, 9.17) is 9.84 Å². The van der Waals surface area contributed by atoms with Gasteiger partial charge in [0.2, 0.25) is 11.8 Å². The Bertz CT molecular complexity index is 444. The van der Waals surface area contributed by atoms with Gasteiger partial charge in [-0.05, 0) is 13.3 Å². The molecular formula is C11H15N3O3. The van der Waals surface area contributed by atoms with Crippen molar-refractivity contribution in [3.63, 3.8) is 0 Å². The smallest absolute Gasteiger partial charge is 0.308 e. The predicted octanol–water partition coefficient (Wildman–Crippen LogP) is 0.631. The predicted molar refractivity (Wildman–Crippen MR) is 61.5 cm³/mol. The number of methoxy groups -OCH3 is 1. The number of anilines is 1. The molecule has 1 aromatic rings. The van der Waals surface area contributed by atoms with Crippen LogP contribution in [0.15, 0.2) is 0 Å². The van der Waals surface area contributed by atoms with Crippen molar-refractivity contribution in [3.8, 4) is 5.88 Å². The summed E-state index contributed by atoms with van der Waals surface area (Å²) in [5.41, 5.74) is 1.21. The van der Waals surface area contributed by atoms with Gasteiger partial charge in [0.15, 0.2) is 0 Å².